The van der Waals surface area contributed by atoms with Crippen molar-refractivity contribution in [3.63, 3.8) is 0 Å². The van der Waals surface area contributed by atoms with Crippen LogP contribution in [0.5, 0.6) is 0 Å². The largest absolute Gasteiger partial charge is 0.373 e. The third-order valence-electron chi connectivity index (χ3n) is 3.10. The van der Waals surface area contributed by atoms with Gasteiger partial charge in [0, 0.05) is 13.0 Å². The molecule has 1 aliphatic rings. The van der Waals surface area contributed by atoms with Gasteiger partial charge in [-0.25, -0.2) is 0 Å². The lowest BCUT2D eigenvalue weighted by atomic mass is 9.98. The first-order valence-corrected chi connectivity index (χ1v) is 6.42. The lowest BCUT2D eigenvalue weighted by Crippen LogP contribution is -2.57. The summed E-state index contributed by atoms with van der Waals surface area (Å²) in [4.78, 5) is 12.0. The second kappa shape index (κ2) is 6.50. The van der Waals surface area contributed by atoms with Crippen molar-refractivity contribution < 1.29 is 14.3 Å². The third kappa shape index (κ3) is 3.43. The molecule has 1 N–H and O–H groups in total. The molecule has 0 saturated carbocycles. The molecule has 102 valence electrons. The van der Waals surface area contributed by atoms with E-state index in [-0.39, 0.29) is 12.5 Å². The average Bonchev–Trinajstić information content (AvgIpc) is 2.44. The van der Waals surface area contributed by atoms with Crippen LogP contribution < -0.4 is 5.32 Å². The maximum Gasteiger partial charge on any atom is 0.255 e. The molecule has 0 spiro atoms. The second-order valence-corrected chi connectivity index (χ2v) is 4.57. The predicted molar refractivity (Wildman–Crippen MR) is 72.6 cm³/mol. The van der Waals surface area contributed by atoms with E-state index in [0.717, 1.165) is 5.56 Å². The van der Waals surface area contributed by atoms with Gasteiger partial charge in [0.25, 0.3) is 5.91 Å². The van der Waals surface area contributed by atoms with E-state index in [1.54, 1.807) is 6.08 Å². The highest BCUT2D eigenvalue weighted by Gasteiger charge is 2.41. The quantitative estimate of drug-likeness (QED) is 0.792. The highest BCUT2D eigenvalue weighted by molar-refractivity contribution is 5.86. The molecule has 0 unspecified atom stereocenters. The Kier molecular flexibility index (Phi) is 4.71. The molecule has 0 aromatic heterocycles. The van der Waals surface area contributed by atoms with Crippen LogP contribution in [0.15, 0.2) is 43.0 Å². The van der Waals surface area contributed by atoms with Crippen LogP contribution in [0.25, 0.3) is 0 Å². The van der Waals surface area contributed by atoms with Crippen molar-refractivity contribution in [2.24, 2.45) is 0 Å². The van der Waals surface area contributed by atoms with Crippen LogP contribution in [0.3, 0.4) is 0 Å². The van der Waals surface area contributed by atoms with Gasteiger partial charge in [0.2, 0.25) is 0 Å². The van der Waals surface area contributed by atoms with E-state index in [0.29, 0.717) is 26.2 Å². The summed E-state index contributed by atoms with van der Waals surface area (Å²) in [7, 11) is 0. The number of ether oxygens (including phenoxy) is 2. The van der Waals surface area contributed by atoms with Crippen LogP contribution in [0.1, 0.15) is 12.0 Å². The third-order valence-corrected chi connectivity index (χ3v) is 3.10. The van der Waals surface area contributed by atoms with Gasteiger partial charge in [0.15, 0.2) is 5.60 Å². The molecule has 4 nitrogen and oxygen atoms in total. The van der Waals surface area contributed by atoms with Gasteiger partial charge >= 0.3 is 0 Å². The van der Waals surface area contributed by atoms with Gasteiger partial charge in [-0.15, -0.1) is 6.58 Å². The van der Waals surface area contributed by atoms with Gasteiger partial charge < -0.3 is 14.8 Å². The molecule has 4 heteroatoms. The summed E-state index contributed by atoms with van der Waals surface area (Å²) in [5.41, 5.74) is 0.155. The van der Waals surface area contributed by atoms with Crippen molar-refractivity contribution >= 4 is 5.91 Å². The molecule has 1 aliphatic heterocycles. The van der Waals surface area contributed by atoms with Crippen molar-refractivity contribution in [2.45, 2.75) is 18.6 Å². The van der Waals surface area contributed by atoms with Gasteiger partial charge in [-0.1, -0.05) is 36.4 Å². The molecule has 2 rings (SSSR count). The number of benzene rings is 1. The van der Waals surface area contributed by atoms with E-state index >= 15 is 0 Å². The van der Waals surface area contributed by atoms with Crippen molar-refractivity contribution in [1.29, 1.82) is 0 Å². The topological polar surface area (TPSA) is 47.6 Å². The van der Waals surface area contributed by atoms with E-state index in [2.05, 4.69) is 11.9 Å². The minimum atomic E-state index is -0.922. The predicted octanol–water partition coefficient (Wildman–Crippen LogP) is 1.66. The number of amides is 1. The zero-order valence-corrected chi connectivity index (χ0v) is 10.9. The maximum absolute atomic E-state index is 12.0. The summed E-state index contributed by atoms with van der Waals surface area (Å²) >= 11 is 0. The molecule has 1 saturated heterocycles. The highest BCUT2D eigenvalue weighted by Crippen LogP contribution is 2.21. The van der Waals surface area contributed by atoms with Crippen LogP contribution in [-0.2, 0) is 20.9 Å². The normalized spacial score (nSPS) is 22.8. The van der Waals surface area contributed by atoms with Crippen LogP contribution in [0.2, 0.25) is 0 Å². The Morgan fingerprint density at radius 2 is 2.21 bits per heavy atom. The van der Waals surface area contributed by atoms with E-state index in [4.69, 9.17) is 9.47 Å². The molecule has 0 radical (unpaired) electrons. The van der Waals surface area contributed by atoms with Gasteiger partial charge in [0.1, 0.15) is 0 Å². The summed E-state index contributed by atoms with van der Waals surface area (Å²) < 4.78 is 11.3. The summed E-state index contributed by atoms with van der Waals surface area (Å²) in [5.74, 6) is -0.119. The zero-order chi connectivity index (χ0) is 13.6. The molecule has 19 heavy (non-hydrogen) atoms. The van der Waals surface area contributed by atoms with Crippen LogP contribution >= 0.6 is 0 Å². The molecule has 1 fully saturated rings. The monoisotopic (exact) mass is 261 g/mol. The Morgan fingerprint density at radius 1 is 1.42 bits per heavy atom. The van der Waals surface area contributed by atoms with Crippen LogP contribution in [-0.4, -0.2) is 31.3 Å². The number of hydrogen-bond acceptors (Lipinski definition) is 3. The average molecular weight is 261 g/mol. The maximum atomic E-state index is 12.0. The number of carbonyl (C=O) groups excluding carboxylic acids is 1. The smallest absolute Gasteiger partial charge is 0.255 e. The lowest BCUT2D eigenvalue weighted by molar-refractivity contribution is -0.165. The number of carbonyl (C=O) groups is 1. The van der Waals surface area contributed by atoms with Gasteiger partial charge in [-0.3, -0.25) is 4.79 Å². The highest BCUT2D eigenvalue weighted by atomic mass is 16.5. The molecule has 1 amide bonds. The first kappa shape index (κ1) is 13.8. The van der Waals surface area contributed by atoms with Crippen LogP contribution in [0.4, 0.5) is 0 Å². The van der Waals surface area contributed by atoms with E-state index < -0.39 is 5.60 Å². The minimum absolute atomic E-state index is 0.119. The van der Waals surface area contributed by atoms with Crippen molar-refractivity contribution in [3.05, 3.63) is 48.6 Å². The van der Waals surface area contributed by atoms with Crippen molar-refractivity contribution in [1.82, 2.24) is 5.32 Å². The summed E-state index contributed by atoms with van der Waals surface area (Å²) in [6.07, 6.45) is 2.14. The fourth-order valence-corrected chi connectivity index (χ4v) is 2.10. The Bertz CT molecular complexity index is 432. The molecule has 0 bridgehead atoms. The molecule has 0 aliphatic carbocycles. The Labute approximate surface area is 113 Å². The molecule has 1 heterocycles. The zero-order valence-electron chi connectivity index (χ0n) is 10.9. The van der Waals surface area contributed by atoms with Crippen molar-refractivity contribution in [2.75, 3.05) is 19.8 Å². The van der Waals surface area contributed by atoms with E-state index in [1.165, 1.54) is 0 Å². The van der Waals surface area contributed by atoms with Crippen molar-refractivity contribution in [3.8, 4) is 0 Å². The second-order valence-electron chi connectivity index (χ2n) is 4.57. The van der Waals surface area contributed by atoms with Crippen LogP contribution in [0, 0.1) is 0 Å². The Hall–Kier alpha value is -1.65. The Morgan fingerprint density at radius 3 is 2.89 bits per heavy atom. The van der Waals surface area contributed by atoms with Gasteiger partial charge in [-0.2, -0.15) is 0 Å². The first-order chi connectivity index (χ1) is 9.27. The fourth-order valence-electron chi connectivity index (χ4n) is 2.10. The van der Waals surface area contributed by atoms with E-state index in [9.17, 15) is 4.79 Å². The molecular formula is C15H19NO3. The fraction of sp³-hybridized carbons (Fsp3) is 0.400. The summed E-state index contributed by atoms with van der Waals surface area (Å²) in [6.45, 7) is 5.45. The van der Waals surface area contributed by atoms with E-state index in [1.807, 2.05) is 30.3 Å². The lowest BCUT2D eigenvalue weighted by Gasteiger charge is -2.35. The number of morpholine rings is 1. The number of hydrogen-bond donors (Lipinski definition) is 1. The molecule has 1 aromatic carbocycles. The molecule has 1 aromatic rings. The first-order valence-electron chi connectivity index (χ1n) is 6.42. The molecular weight excluding hydrogens is 242 g/mol. The molecule has 1 atom stereocenters. The SMILES string of the molecule is C=CC[C@]1(COCc2ccccc2)OCCNC1=O. The summed E-state index contributed by atoms with van der Waals surface area (Å²) in [5, 5.41) is 2.81. The number of rotatable bonds is 6. The van der Waals surface area contributed by atoms with Gasteiger partial charge in [0.05, 0.1) is 19.8 Å². The summed E-state index contributed by atoms with van der Waals surface area (Å²) in [6, 6.07) is 9.86. The Balaban J connectivity index is 1.93. The number of nitrogens with one attached hydrogen (secondary N) is 1. The minimum Gasteiger partial charge on any atom is -0.373 e. The van der Waals surface area contributed by atoms with Gasteiger partial charge in [-0.05, 0) is 5.56 Å². The standard InChI is InChI=1S/C15H19NO3/c1-2-8-15(14(17)16-9-10-19-15)12-18-11-13-6-4-3-5-7-13/h2-7H,1,8-12H2,(H,16,17)/t15-/m1/s1.